The average molecular weight is 351 g/mol. The van der Waals surface area contributed by atoms with Crippen LogP contribution in [0.3, 0.4) is 0 Å². The average Bonchev–Trinajstić information content (AvgIpc) is 3.37. The number of hydrogen-bond donors (Lipinski definition) is 1. The number of amides is 1. The number of aryl methyl sites for hydroxylation is 1. The lowest BCUT2D eigenvalue weighted by atomic mass is 10.0. The van der Waals surface area contributed by atoms with Crippen LogP contribution in [0.1, 0.15) is 27.7 Å². The Bertz CT molecular complexity index is 902. The highest BCUT2D eigenvalue weighted by molar-refractivity contribution is 5.96. The molecule has 1 aromatic carbocycles. The highest BCUT2D eigenvalue weighted by Gasteiger charge is 2.36. The van der Waals surface area contributed by atoms with Gasteiger partial charge in [0.15, 0.2) is 0 Å². The van der Waals surface area contributed by atoms with Gasteiger partial charge in [-0.05, 0) is 11.6 Å². The molecule has 134 valence electrons. The van der Waals surface area contributed by atoms with E-state index in [0.717, 1.165) is 11.4 Å². The number of hydrogen-bond acceptors (Lipinski definition) is 5. The van der Waals surface area contributed by atoms with E-state index in [2.05, 4.69) is 15.1 Å². The molecule has 0 radical (unpaired) electrons. The second-order valence-electron chi connectivity index (χ2n) is 6.63. The Balaban J connectivity index is 1.56. The van der Waals surface area contributed by atoms with E-state index in [4.69, 9.17) is 5.73 Å². The fourth-order valence-corrected chi connectivity index (χ4v) is 3.53. The molecule has 2 N–H and O–H groups in total. The van der Waals surface area contributed by atoms with Gasteiger partial charge in [0.05, 0.1) is 12.5 Å². The zero-order chi connectivity index (χ0) is 18.1. The maximum absolute atomic E-state index is 13.1. The number of carbonyl (C=O) groups is 1. The fourth-order valence-electron chi connectivity index (χ4n) is 3.53. The summed E-state index contributed by atoms with van der Waals surface area (Å²) in [5.74, 6) is 0.956. The van der Waals surface area contributed by atoms with Crippen LogP contribution < -0.4 is 5.73 Å². The van der Waals surface area contributed by atoms with Crippen molar-refractivity contribution in [1.29, 1.82) is 0 Å². The van der Waals surface area contributed by atoms with Gasteiger partial charge in [-0.1, -0.05) is 18.2 Å². The highest BCUT2D eigenvalue weighted by atomic mass is 16.2. The van der Waals surface area contributed by atoms with E-state index in [1.807, 2.05) is 47.0 Å². The molecule has 0 bridgehead atoms. The number of carbonyl (C=O) groups excluding carboxylic acids is 1. The Kier molecular flexibility index (Phi) is 4.26. The number of rotatable bonds is 4. The normalized spacial score (nSPS) is 19.8. The van der Waals surface area contributed by atoms with Crippen LogP contribution in [-0.2, 0) is 13.6 Å². The standard InChI is InChI=1S/C18H21N7O/c1-23-7-6-21-17(23)15-9-24(10-16(15)19)18(26)14-5-3-2-4-13(14)8-25-12-20-11-22-25/h2-7,11-12,15-16H,8-10,19H2,1H3/t15-,16-/m1/s1. The van der Waals surface area contributed by atoms with Crippen molar-refractivity contribution in [2.45, 2.75) is 18.5 Å². The summed E-state index contributed by atoms with van der Waals surface area (Å²) in [7, 11) is 1.95. The van der Waals surface area contributed by atoms with Crippen LogP contribution in [0.15, 0.2) is 49.3 Å². The summed E-state index contributed by atoms with van der Waals surface area (Å²) in [5.41, 5.74) is 7.91. The molecule has 1 aliphatic heterocycles. The van der Waals surface area contributed by atoms with E-state index >= 15 is 0 Å². The first-order chi connectivity index (χ1) is 12.6. The largest absolute Gasteiger partial charge is 0.338 e. The summed E-state index contributed by atoms with van der Waals surface area (Å²) in [6.45, 7) is 1.60. The molecule has 0 aliphatic carbocycles. The third kappa shape index (κ3) is 2.99. The smallest absolute Gasteiger partial charge is 0.254 e. The minimum Gasteiger partial charge on any atom is -0.338 e. The van der Waals surface area contributed by atoms with Gasteiger partial charge in [-0.2, -0.15) is 5.10 Å². The second-order valence-corrected chi connectivity index (χ2v) is 6.63. The number of benzene rings is 1. The number of nitrogens with two attached hydrogens (primary N) is 1. The second kappa shape index (κ2) is 6.72. The Labute approximate surface area is 151 Å². The first-order valence-electron chi connectivity index (χ1n) is 8.56. The van der Waals surface area contributed by atoms with Gasteiger partial charge in [-0.25, -0.2) is 14.6 Å². The van der Waals surface area contributed by atoms with Gasteiger partial charge in [0.1, 0.15) is 18.5 Å². The molecule has 2 aromatic heterocycles. The quantitative estimate of drug-likeness (QED) is 0.744. The Morgan fingerprint density at radius 3 is 2.88 bits per heavy atom. The zero-order valence-corrected chi connectivity index (χ0v) is 14.6. The molecule has 0 unspecified atom stereocenters. The molecule has 8 heteroatoms. The van der Waals surface area contributed by atoms with Crippen molar-refractivity contribution in [3.63, 3.8) is 0 Å². The molecule has 3 aromatic rings. The van der Waals surface area contributed by atoms with Crippen molar-refractivity contribution in [3.8, 4) is 0 Å². The minimum atomic E-state index is -0.123. The van der Waals surface area contributed by atoms with Crippen LogP contribution in [0, 0.1) is 0 Å². The minimum absolute atomic E-state index is 0.00660. The maximum Gasteiger partial charge on any atom is 0.254 e. The lowest BCUT2D eigenvalue weighted by Gasteiger charge is -2.18. The van der Waals surface area contributed by atoms with Crippen molar-refractivity contribution in [2.75, 3.05) is 13.1 Å². The number of likely N-dealkylation sites (tertiary alicyclic amines) is 1. The number of nitrogens with zero attached hydrogens (tertiary/aromatic N) is 6. The summed E-state index contributed by atoms with van der Waals surface area (Å²) in [6, 6.07) is 7.48. The van der Waals surface area contributed by atoms with Crippen LogP contribution in [0.2, 0.25) is 0 Å². The predicted molar refractivity (Wildman–Crippen MR) is 95.4 cm³/mol. The molecule has 1 fully saturated rings. The number of aromatic nitrogens is 5. The van der Waals surface area contributed by atoms with Crippen LogP contribution in [-0.4, -0.2) is 54.3 Å². The third-order valence-electron chi connectivity index (χ3n) is 4.89. The Morgan fingerprint density at radius 1 is 1.31 bits per heavy atom. The van der Waals surface area contributed by atoms with Gasteiger partial charge >= 0.3 is 0 Å². The molecule has 1 aliphatic rings. The zero-order valence-electron chi connectivity index (χ0n) is 14.6. The molecular formula is C18H21N7O. The molecular weight excluding hydrogens is 330 g/mol. The molecule has 26 heavy (non-hydrogen) atoms. The van der Waals surface area contributed by atoms with Crippen LogP contribution in [0.4, 0.5) is 0 Å². The number of imidazole rings is 1. The van der Waals surface area contributed by atoms with E-state index in [-0.39, 0.29) is 17.9 Å². The van der Waals surface area contributed by atoms with Gasteiger partial charge in [0.25, 0.3) is 5.91 Å². The lowest BCUT2D eigenvalue weighted by molar-refractivity contribution is 0.0787. The molecule has 0 saturated carbocycles. The third-order valence-corrected chi connectivity index (χ3v) is 4.89. The molecule has 3 heterocycles. The van der Waals surface area contributed by atoms with Crippen molar-refractivity contribution in [3.05, 3.63) is 66.3 Å². The SMILES string of the molecule is Cn1ccnc1[C@@H]1CN(C(=O)c2ccccc2Cn2cncn2)C[C@H]1N. The van der Waals surface area contributed by atoms with Gasteiger partial charge in [0, 0.05) is 44.1 Å². The van der Waals surface area contributed by atoms with Crippen LogP contribution >= 0.6 is 0 Å². The summed E-state index contributed by atoms with van der Waals surface area (Å²) in [6.07, 6.45) is 6.80. The van der Waals surface area contributed by atoms with Gasteiger partial charge < -0.3 is 15.2 Å². The highest BCUT2D eigenvalue weighted by Crippen LogP contribution is 2.27. The maximum atomic E-state index is 13.1. The van der Waals surface area contributed by atoms with E-state index in [0.29, 0.717) is 25.2 Å². The summed E-state index contributed by atoms with van der Waals surface area (Å²) >= 11 is 0. The van der Waals surface area contributed by atoms with Gasteiger partial charge in [0.2, 0.25) is 0 Å². The predicted octanol–water partition coefficient (Wildman–Crippen LogP) is 0.627. The van der Waals surface area contributed by atoms with E-state index in [1.54, 1.807) is 17.2 Å². The van der Waals surface area contributed by atoms with Crippen molar-refractivity contribution >= 4 is 5.91 Å². The summed E-state index contributed by atoms with van der Waals surface area (Å²) in [4.78, 5) is 23.3. The van der Waals surface area contributed by atoms with E-state index < -0.39 is 0 Å². The topological polar surface area (TPSA) is 94.9 Å². The van der Waals surface area contributed by atoms with Crippen molar-refractivity contribution in [1.82, 2.24) is 29.2 Å². The molecule has 1 amide bonds. The van der Waals surface area contributed by atoms with Crippen LogP contribution in [0.5, 0.6) is 0 Å². The van der Waals surface area contributed by atoms with Crippen molar-refractivity contribution in [2.24, 2.45) is 12.8 Å². The first-order valence-corrected chi connectivity index (χ1v) is 8.56. The molecule has 1 saturated heterocycles. The summed E-state index contributed by atoms with van der Waals surface area (Å²) < 4.78 is 3.68. The summed E-state index contributed by atoms with van der Waals surface area (Å²) in [5, 5.41) is 4.13. The lowest BCUT2D eigenvalue weighted by Crippen LogP contribution is -2.33. The van der Waals surface area contributed by atoms with E-state index in [1.165, 1.54) is 6.33 Å². The molecule has 4 rings (SSSR count). The van der Waals surface area contributed by atoms with Crippen molar-refractivity contribution < 1.29 is 4.79 Å². The van der Waals surface area contributed by atoms with Gasteiger partial charge in [-0.3, -0.25) is 4.79 Å². The molecule has 2 atom stereocenters. The first kappa shape index (κ1) is 16.5. The Morgan fingerprint density at radius 2 is 2.15 bits per heavy atom. The van der Waals surface area contributed by atoms with Gasteiger partial charge in [-0.15, -0.1) is 0 Å². The Hall–Kier alpha value is -3.00. The molecule has 8 nitrogen and oxygen atoms in total. The van der Waals surface area contributed by atoms with E-state index in [9.17, 15) is 4.79 Å². The van der Waals surface area contributed by atoms with Crippen LogP contribution in [0.25, 0.3) is 0 Å². The monoisotopic (exact) mass is 351 g/mol. The fraction of sp³-hybridized carbons (Fsp3) is 0.333. The molecule has 0 spiro atoms.